The van der Waals surface area contributed by atoms with Crippen LogP contribution in [0.5, 0.6) is 5.75 Å². The van der Waals surface area contributed by atoms with E-state index in [0.717, 1.165) is 30.0 Å². The van der Waals surface area contributed by atoms with E-state index < -0.39 is 0 Å². The number of hydrogen-bond acceptors (Lipinski definition) is 4. The number of anilines is 1. The molecule has 4 nitrogen and oxygen atoms in total. The summed E-state index contributed by atoms with van der Waals surface area (Å²) in [6, 6.07) is 11.9. The maximum Gasteiger partial charge on any atom is 0.130 e. The summed E-state index contributed by atoms with van der Waals surface area (Å²) < 4.78 is 5.69. The Kier molecular flexibility index (Phi) is 4.75. The molecular formula is C15H19N3O. The third-order valence-electron chi connectivity index (χ3n) is 2.83. The van der Waals surface area contributed by atoms with Crippen molar-refractivity contribution in [2.75, 3.05) is 5.43 Å². The molecule has 100 valence electrons. The molecule has 0 aliphatic rings. The molecule has 0 unspecified atom stereocenters. The van der Waals surface area contributed by atoms with Crippen molar-refractivity contribution in [3.8, 4) is 5.75 Å². The third-order valence-corrected chi connectivity index (χ3v) is 2.83. The first-order valence-corrected chi connectivity index (χ1v) is 6.45. The van der Waals surface area contributed by atoms with E-state index in [1.54, 1.807) is 6.20 Å². The number of nitrogens with two attached hydrogens (primary N) is 1. The lowest BCUT2D eigenvalue weighted by Gasteiger charge is -2.07. The highest BCUT2D eigenvalue weighted by molar-refractivity contribution is 5.41. The molecule has 0 fully saturated rings. The molecule has 4 heteroatoms. The van der Waals surface area contributed by atoms with Crippen LogP contribution in [0.2, 0.25) is 0 Å². The summed E-state index contributed by atoms with van der Waals surface area (Å²) in [5, 5.41) is 0. The Morgan fingerprint density at radius 1 is 1.21 bits per heavy atom. The van der Waals surface area contributed by atoms with E-state index in [-0.39, 0.29) is 0 Å². The standard InChI is InChI=1S/C15H19N3O/c1-2-3-12-4-6-15(7-5-12)19-11-14-10-13(18-16)8-9-17-14/h4-10H,2-3,11,16H2,1H3,(H,17,18). The van der Waals surface area contributed by atoms with Crippen LogP contribution in [0.3, 0.4) is 0 Å². The number of aryl methyl sites for hydroxylation is 1. The van der Waals surface area contributed by atoms with Gasteiger partial charge in [-0.15, -0.1) is 0 Å². The van der Waals surface area contributed by atoms with E-state index >= 15 is 0 Å². The van der Waals surface area contributed by atoms with Gasteiger partial charge in [-0.1, -0.05) is 25.5 Å². The largest absolute Gasteiger partial charge is 0.487 e. The van der Waals surface area contributed by atoms with Gasteiger partial charge in [0, 0.05) is 6.20 Å². The number of nitrogen functional groups attached to an aromatic ring is 1. The summed E-state index contributed by atoms with van der Waals surface area (Å²) in [7, 11) is 0. The molecule has 1 aromatic heterocycles. The number of hydrazine groups is 1. The Morgan fingerprint density at radius 2 is 2.00 bits per heavy atom. The lowest BCUT2D eigenvalue weighted by atomic mass is 10.1. The van der Waals surface area contributed by atoms with Crippen molar-refractivity contribution < 1.29 is 4.74 Å². The number of rotatable bonds is 6. The van der Waals surface area contributed by atoms with E-state index in [4.69, 9.17) is 10.6 Å². The predicted molar refractivity (Wildman–Crippen MR) is 76.8 cm³/mol. The maximum absolute atomic E-state index is 5.69. The molecule has 0 aliphatic carbocycles. The Balaban J connectivity index is 1.94. The summed E-state index contributed by atoms with van der Waals surface area (Å²) in [5.41, 5.74) is 5.59. The van der Waals surface area contributed by atoms with Gasteiger partial charge in [-0.3, -0.25) is 10.8 Å². The van der Waals surface area contributed by atoms with Gasteiger partial charge in [-0.2, -0.15) is 0 Å². The number of benzene rings is 1. The number of nitrogens with zero attached hydrogens (tertiary/aromatic N) is 1. The fourth-order valence-electron chi connectivity index (χ4n) is 1.85. The molecule has 0 saturated heterocycles. The molecule has 19 heavy (non-hydrogen) atoms. The molecule has 0 bridgehead atoms. The topological polar surface area (TPSA) is 60.2 Å². The number of pyridine rings is 1. The zero-order chi connectivity index (χ0) is 13.5. The van der Waals surface area contributed by atoms with Crippen molar-refractivity contribution >= 4 is 5.69 Å². The van der Waals surface area contributed by atoms with E-state index in [9.17, 15) is 0 Å². The quantitative estimate of drug-likeness (QED) is 0.617. The second-order valence-electron chi connectivity index (χ2n) is 4.36. The van der Waals surface area contributed by atoms with Crippen molar-refractivity contribution in [1.29, 1.82) is 0 Å². The predicted octanol–water partition coefficient (Wildman–Crippen LogP) is 2.90. The molecule has 0 amide bonds. The highest BCUT2D eigenvalue weighted by atomic mass is 16.5. The van der Waals surface area contributed by atoms with Gasteiger partial charge in [0.15, 0.2) is 0 Å². The van der Waals surface area contributed by atoms with Crippen LogP contribution in [-0.4, -0.2) is 4.98 Å². The van der Waals surface area contributed by atoms with Gasteiger partial charge >= 0.3 is 0 Å². The number of hydrogen-bond donors (Lipinski definition) is 2. The fraction of sp³-hybridized carbons (Fsp3) is 0.267. The van der Waals surface area contributed by atoms with Crippen molar-refractivity contribution in [3.05, 3.63) is 53.9 Å². The highest BCUT2D eigenvalue weighted by Gasteiger charge is 1.99. The minimum Gasteiger partial charge on any atom is -0.487 e. The number of ether oxygens (including phenoxy) is 1. The van der Waals surface area contributed by atoms with Crippen LogP contribution < -0.4 is 16.0 Å². The normalized spacial score (nSPS) is 10.2. The lowest BCUT2D eigenvalue weighted by Crippen LogP contribution is -2.08. The van der Waals surface area contributed by atoms with Crippen molar-refractivity contribution in [2.45, 2.75) is 26.4 Å². The molecule has 0 saturated carbocycles. The summed E-state index contributed by atoms with van der Waals surface area (Å²) >= 11 is 0. The van der Waals surface area contributed by atoms with Crippen LogP contribution in [-0.2, 0) is 13.0 Å². The van der Waals surface area contributed by atoms with Crippen molar-refractivity contribution in [3.63, 3.8) is 0 Å². The zero-order valence-corrected chi connectivity index (χ0v) is 11.1. The molecule has 3 N–H and O–H groups in total. The minimum atomic E-state index is 0.433. The summed E-state index contributed by atoms with van der Waals surface area (Å²) in [5.74, 6) is 6.21. The first-order valence-electron chi connectivity index (χ1n) is 6.45. The molecule has 1 aromatic carbocycles. The zero-order valence-electron chi connectivity index (χ0n) is 11.1. The first-order chi connectivity index (χ1) is 9.31. The van der Waals surface area contributed by atoms with Crippen molar-refractivity contribution in [1.82, 2.24) is 4.98 Å². The van der Waals surface area contributed by atoms with E-state index in [0.29, 0.717) is 6.61 Å². The van der Waals surface area contributed by atoms with E-state index in [1.807, 2.05) is 24.3 Å². The van der Waals surface area contributed by atoms with Crippen LogP contribution in [0.15, 0.2) is 42.6 Å². The molecule has 0 spiro atoms. The third kappa shape index (κ3) is 3.96. The van der Waals surface area contributed by atoms with Crippen LogP contribution in [0.1, 0.15) is 24.6 Å². The summed E-state index contributed by atoms with van der Waals surface area (Å²) in [6.07, 6.45) is 3.97. The average Bonchev–Trinajstić information content (AvgIpc) is 2.47. The fourth-order valence-corrected chi connectivity index (χ4v) is 1.85. The van der Waals surface area contributed by atoms with Gasteiger partial charge in [0.25, 0.3) is 0 Å². The van der Waals surface area contributed by atoms with Gasteiger partial charge in [-0.05, 0) is 36.2 Å². The number of aromatic nitrogens is 1. The number of nitrogens with one attached hydrogen (secondary N) is 1. The Hall–Kier alpha value is -2.07. The monoisotopic (exact) mass is 257 g/mol. The van der Waals surface area contributed by atoms with Crippen molar-refractivity contribution in [2.24, 2.45) is 5.84 Å². The molecule has 2 rings (SSSR count). The van der Waals surface area contributed by atoms with E-state index in [1.165, 1.54) is 5.56 Å². The molecular weight excluding hydrogens is 238 g/mol. The van der Waals surface area contributed by atoms with Gasteiger partial charge in [0.05, 0.1) is 11.4 Å². The van der Waals surface area contributed by atoms with Crippen LogP contribution in [0.4, 0.5) is 5.69 Å². The minimum absolute atomic E-state index is 0.433. The smallest absolute Gasteiger partial charge is 0.130 e. The average molecular weight is 257 g/mol. The van der Waals surface area contributed by atoms with Crippen LogP contribution >= 0.6 is 0 Å². The Labute approximate surface area is 113 Å². The molecule has 1 heterocycles. The second-order valence-corrected chi connectivity index (χ2v) is 4.36. The summed E-state index contributed by atoms with van der Waals surface area (Å²) in [4.78, 5) is 4.23. The van der Waals surface area contributed by atoms with Crippen LogP contribution in [0.25, 0.3) is 0 Å². The van der Waals surface area contributed by atoms with Gasteiger partial charge in [0.2, 0.25) is 0 Å². The highest BCUT2D eigenvalue weighted by Crippen LogP contribution is 2.15. The van der Waals surface area contributed by atoms with Gasteiger partial charge in [0.1, 0.15) is 12.4 Å². The van der Waals surface area contributed by atoms with E-state index in [2.05, 4.69) is 29.5 Å². The van der Waals surface area contributed by atoms with Gasteiger partial charge in [-0.25, -0.2) is 0 Å². The first kappa shape index (κ1) is 13.4. The summed E-state index contributed by atoms with van der Waals surface area (Å²) in [6.45, 7) is 2.61. The SMILES string of the molecule is CCCc1ccc(OCc2cc(NN)ccn2)cc1. The molecule has 0 atom stereocenters. The second kappa shape index (κ2) is 6.75. The molecule has 0 aliphatic heterocycles. The lowest BCUT2D eigenvalue weighted by molar-refractivity contribution is 0.301. The van der Waals surface area contributed by atoms with Gasteiger partial charge < -0.3 is 10.2 Å². The Bertz CT molecular complexity index is 511. The molecule has 0 radical (unpaired) electrons. The Morgan fingerprint density at radius 3 is 2.68 bits per heavy atom. The molecule has 2 aromatic rings. The maximum atomic E-state index is 5.69. The van der Waals surface area contributed by atoms with Crippen LogP contribution in [0, 0.1) is 0 Å².